The highest BCUT2D eigenvalue weighted by Gasteiger charge is 2.14. The Morgan fingerprint density at radius 3 is 1.78 bits per heavy atom. The summed E-state index contributed by atoms with van der Waals surface area (Å²) in [5.74, 6) is -1.95. The largest absolute Gasteiger partial charge is 0.501 e. The molecule has 3 N–H and O–H groups in total. The van der Waals surface area contributed by atoms with Gasteiger partial charge in [-0.25, -0.2) is 0 Å². The molecule has 1 aromatic rings. The fourth-order valence-electron chi connectivity index (χ4n) is 0.391. The van der Waals surface area contributed by atoms with E-state index in [1.54, 1.807) is 0 Å². The predicted molar refractivity (Wildman–Crippen MR) is 31.0 cm³/mol. The van der Waals surface area contributed by atoms with Crippen molar-refractivity contribution in [2.75, 3.05) is 0 Å². The number of aromatic hydroxyl groups is 3. The first-order valence-corrected chi connectivity index (χ1v) is 2.50. The minimum atomic E-state index is -0.725. The summed E-state index contributed by atoms with van der Waals surface area (Å²) in [5, 5.41) is 25.5. The van der Waals surface area contributed by atoms with E-state index in [1.807, 2.05) is 0 Å². The Bertz CT molecular complexity index is 206. The first-order valence-electron chi connectivity index (χ1n) is 2.05. The molecule has 4 nitrogen and oxygen atoms in total. The molecule has 0 aromatic carbocycles. The second kappa shape index (κ2) is 1.77. The van der Waals surface area contributed by atoms with Crippen LogP contribution >= 0.6 is 12.6 Å². The van der Waals surface area contributed by atoms with Gasteiger partial charge in [0.25, 0.3) is 0 Å². The molecule has 0 atom stereocenters. The van der Waals surface area contributed by atoms with E-state index >= 15 is 0 Å². The number of rotatable bonds is 0. The van der Waals surface area contributed by atoms with Crippen LogP contribution in [0.1, 0.15) is 0 Å². The summed E-state index contributed by atoms with van der Waals surface area (Å²) < 4.78 is 4.26. The monoisotopic (exact) mass is 148 g/mol. The van der Waals surface area contributed by atoms with Gasteiger partial charge in [0, 0.05) is 0 Å². The van der Waals surface area contributed by atoms with Gasteiger partial charge in [-0.2, -0.15) is 0 Å². The summed E-state index contributed by atoms with van der Waals surface area (Å²) >= 11 is 3.55. The lowest BCUT2D eigenvalue weighted by atomic mass is 10.5. The zero-order valence-corrected chi connectivity index (χ0v) is 5.09. The molecule has 0 amide bonds. The van der Waals surface area contributed by atoms with Crippen LogP contribution in [0.15, 0.2) is 9.51 Å². The molecule has 9 heavy (non-hydrogen) atoms. The highest BCUT2D eigenvalue weighted by atomic mass is 32.1. The zero-order chi connectivity index (χ0) is 7.02. The predicted octanol–water partition coefficient (Wildman–Crippen LogP) is 0.685. The molecule has 50 valence electrons. The summed E-state index contributed by atoms with van der Waals surface area (Å²) in [6.45, 7) is 0. The third kappa shape index (κ3) is 0.787. The minimum absolute atomic E-state index is 0.204. The highest BCUT2D eigenvalue weighted by molar-refractivity contribution is 7.80. The number of thiol groups is 1. The van der Waals surface area contributed by atoms with Crippen molar-refractivity contribution in [2.45, 2.75) is 5.09 Å². The summed E-state index contributed by atoms with van der Waals surface area (Å²) in [7, 11) is 0. The van der Waals surface area contributed by atoms with Crippen molar-refractivity contribution in [3.05, 3.63) is 0 Å². The lowest BCUT2D eigenvalue weighted by Gasteiger charge is -1.82. The van der Waals surface area contributed by atoms with Crippen molar-refractivity contribution >= 4 is 12.6 Å². The SMILES string of the molecule is Oc1oc(S)c(O)c1O. The van der Waals surface area contributed by atoms with Crippen LogP contribution < -0.4 is 0 Å². The topological polar surface area (TPSA) is 73.8 Å². The summed E-state index contributed by atoms with van der Waals surface area (Å²) in [6.07, 6.45) is 0. The fraction of sp³-hybridized carbons (Fsp3) is 0. The van der Waals surface area contributed by atoms with Crippen LogP contribution in [-0.2, 0) is 0 Å². The van der Waals surface area contributed by atoms with Crippen molar-refractivity contribution in [2.24, 2.45) is 0 Å². The van der Waals surface area contributed by atoms with Gasteiger partial charge in [0.1, 0.15) is 0 Å². The van der Waals surface area contributed by atoms with Gasteiger partial charge in [-0.15, -0.1) is 12.6 Å². The van der Waals surface area contributed by atoms with Crippen molar-refractivity contribution < 1.29 is 19.7 Å². The molecule has 0 bridgehead atoms. The Hall–Kier alpha value is -0.970. The molecule has 0 spiro atoms. The Labute approximate surface area is 55.8 Å². The molecule has 0 unspecified atom stereocenters. The van der Waals surface area contributed by atoms with Gasteiger partial charge in [-0.3, -0.25) is 0 Å². The van der Waals surface area contributed by atoms with E-state index in [1.165, 1.54) is 0 Å². The third-order valence-electron chi connectivity index (χ3n) is 0.823. The average molecular weight is 148 g/mol. The first-order chi connectivity index (χ1) is 4.13. The van der Waals surface area contributed by atoms with E-state index in [4.69, 9.17) is 15.3 Å². The van der Waals surface area contributed by atoms with Gasteiger partial charge < -0.3 is 19.7 Å². The Balaban J connectivity index is 3.29. The van der Waals surface area contributed by atoms with E-state index in [9.17, 15) is 0 Å². The van der Waals surface area contributed by atoms with Crippen LogP contribution in [0.5, 0.6) is 17.4 Å². The van der Waals surface area contributed by atoms with Crippen LogP contribution in [0, 0.1) is 0 Å². The van der Waals surface area contributed by atoms with Crippen LogP contribution in [0.25, 0.3) is 0 Å². The molecular formula is C4H4O4S. The van der Waals surface area contributed by atoms with Crippen LogP contribution in [0.3, 0.4) is 0 Å². The molecule has 5 heteroatoms. The number of hydrogen-bond donors (Lipinski definition) is 4. The van der Waals surface area contributed by atoms with Gasteiger partial charge in [0.05, 0.1) is 0 Å². The summed E-state index contributed by atoms with van der Waals surface area (Å²) in [6, 6.07) is 0. The standard InChI is InChI=1S/C4H4O4S/c5-1-2(6)4(9)8-3(1)7/h5-7,9H. The first kappa shape index (κ1) is 6.15. The molecule has 0 saturated heterocycles. The summed E-state index contributed by atoms with van der Waals surface area (Å²) in [4.78, 5) is 0. The lowest BCUT2D eigenvalue weighted by molar-refractivity contribution is 0.283. The molecular weight excluding hydrogens is 144 g/mol. The lowest BCUT2D eigenvalue weighted by Crippen LogP contribution is -1.56. The van der Waals surface area contributed by atoms with Gasteiger partial charge in [0.2, 0.25) is 16.6 Å². The minimum Gasteiger partial charge on any atom is -0.501 e. The maximum Gasteiger partial charge on any atom is 0.331 e. The average Bonchev–Trinajstić information content (AvgIpc) is 1.98. The Kier molecular flexibility index (Phi) is 1.21. The highest BCUT2D eigenvalue weighted by Crippen LogP contribution is 2.42. The molecule has 1 aromatic heterocycles. The molecule has 0 aliphatic heterocycles. The quantitative estimate of drug-likeness (QED) is 0.408. The molecule has 1 heterocycles. The smallest absolute Gasteiger partial charge is 0.331 e. The number of hydrogen-bond acceptors (Lipinski definition) is 5. The van der Waals surface area contributed by atoms with Gasteiger partial charge in [0.15, 0.2) is 0 Å². The fourth-order valence-corrected chi connectivity index (χ4v) is 0.583. The molecule has 0 aliphatic rings. The van der Waals surface area contributed by atoms with E-state index < -0.39 is 17.4 Å². The molecule has 0 saturated carbocycles. The van der Waals surface area contributed by atoms with Gasteiger partial charge in [-0.1, -0.05) is 0 Å². The molecule has 0 fully saturated rings. The Morgan fingerprint density at radius 1 is 1.11 bits per heavy atom. The van der Waals surface area contributed by atoms with Crippen molar-refractivity contribution in [1.29, 1.82) is 0 Å². The zero-order valence-electron chi connectivity index (χ0n) is 4.20. The van der Waals surface area contributed by atoms with Crippen LogP contribution in [-0.4, -0.2) is 15.3 Å². The van der Waals surface area contributed by atoms with Crippen LogP contribution in [0.4, 0.5) is 0 Å². The van der Waals surface area contributed by atoms with Gasteiger partial charge in [-0.05, 0) is 0 Å². The summed E-state index contributed by atoms with van der Waals surface area (Å²) in [5.41, 5.74) is 0. The van der Waals surface area contributed by atoms with Gasteiger partial charge >= 0.3 is 5.95 Å². The van der Waals surface area contributed by atoms with E-state index in [0.717, 1.165) is 0 Å². The number of furan rings is 1. The van der Waals surface area contributed by atoms with Crippen LogP contribution in [0.2, 0.25) is 0 Å². The second-order valence-corrected chi connectivity index (χ2v) is 1.82. The normalized spacial score (nSPS) is 9.89. The molecule has 0 radical (unpaired) electrons. The maximum atomic E-state index is 8.65. The van der Waals surface area contributed by atoms with Crippen molar-refractivity contribution in [1.82, 2.24) is 0 Å². The van der Waals surface area contributed by atoms with E-state index in [0.29, 0.717) is 0 Å². The second-order valence-electron chi connectivity index (χ2n) is 1.41. The maximum absolute atomic E-state index is 8.65. The van der Waals surface area contributed by atoms with E-state index in [-0.39, 0.29) is 5.09 Å². The molecule has 1 rings (SSSR count). The molecule has 0 aliphatic carbocycles. The Morgan fingerprint density at radius 2 is 1.67 bits per heavy atom. The van der Waals surface area contributed by atoms with Crippen molar-refractivity contribution in [3.8, 4) is 17.4 Å². The van der Waals surface area contributed by atoms with E-state index in [2.05, 4.69) is 17.0 Å². The van der Waals surface area contributed by atoms with Crippen molar-refractivity contribution in [3.63, 3.8) is 0 Å². The third-order valence-corrected chi connectivity index (χ3v) is 1.13.